The lowest BCUT2D eigenvalue weighted by Crippen LogP contribution is -2.37. The summed E-state index contributed by atoms with van der Waals surface area (Å²) in [6, 6.07) is 21.7. The van der Waals surface area contributed by atoms with E-state index in [1.54, 1.807) is 18.7 Å². The highest BCUT2D eigenvalue weighted by molar-refractivity contribution is 5.63. The van der Waals surface area contributed by atoms with Crippen LogP contribution in [0.3, 0.4) is 0 Å². The fourth-order valence-corrected chi connectivity index (χ4v) is 3.04. The molecule has 0 amide bonds. The number of benzene rings is 2. The van der Waals surface area contributed by atoms with Gasteiger partial charge in [-0.2, -0.15) is 0 Å². The Bertz CT molecular complexity index is 1020. The molecule has 2 aromatic heterocycles. The largest absolute Gasteiger partial charge is 0.378 e. The molecule has 0 saturated carbocycles. The molecular formula is C23H23N5O. The summed E-state index contributed by atoms with van der Waals surface area (Å²) < 4.78 is 1.94. The molecule has 6 heteroatoms. The normalized spacial score (nSPS) is 12.9. The maximum atomic E-state index is 10.5. The molecule has 29 heavy (non-hydrogen) atoms. The standard InChI is InChI=1S/C23H23N5O/c1-17(26-20-8-10-21(11-9-20)28-14-13-24-16-28)23(29)27-22-12-7-19(15-25-22)18-5-3-2-4-6-18/h2-17,23,26,29H,1H3,(H,25,27). The highest BCUT2D eigenvalue weighted by Crippen LogP contribution is 2.20. The topological polar surface area (TPSA) is 75.0 Å². The number of imidazole rings is 1. The van der Waals surface area contributed by atoms with Crippen LogP contribution in [0.4, 0.5) is 11.5 Å². The van der Waals surface area contributed by atoms with Crippen molar-refractivity contribution in [2.45, 2.75) is 19.2 Å². The Kier molecular flexibility index (Phi) is 5.54. The number of nitrogens with zero attached hydrogens (tertiary/aromatic N) is 3. The van der Waals surface area contributed by atoms with Crippen LogP contribution in [0, 0.1) is 0 Å². The molecule has 2 aromatic carbocycles. The minimum atomic E-state index is -0.793. The number of hydrogen-bond donors (Lipinski definition) is 3. The predicted molar refractivity (Wildman–Crippen MR) is 116 cm³/mol. The third kappa shape index (κ3) is 4.62. The molecule has 6 nitrogen and oxygen atoms in total. The Balaban J connectivity index is 1.35. The number of pyridine rings is 1. The number of aliphatic hydroxyl groups excluding tert-OH is 1. The molecule has 0 aliphatic rings. The van der Waals surface area contributed by atoms with E-state index in [0.717, 1.165) is 22.5 Å². The van der Waals surface area contributed by atoms with Crippen molar-refractivity contribution in [1.82, 2.24) is 14.5 Å². The number of aromatic nitrogens is 3. The van der Waals surface area contributed by atoms with Crippen LogP contribution in [0.15, 0.2) is 91.6 Å². The summed E-state index contributed by atoms with van der Waals surface area (Å²) in [7, 11) is 0. The average Bonchev–Trinajstić information content (AvgIpc) is 3.30. The number of aliphatic hydroxyl groups is 1. The van der Waals surface area contributed by atoms with E-state index < -0.39 is 6.23 Å². The van der Waals surface area contributed by atoms with Gasteiger partial charge < -0.3 is 20.3 Å². The number of anilines is 2. The second-order valence-corrected chi connectivity index (χ2v) is 6.84. The molecule has 0 fully saturated rings. The summed E-state index contributed by atoms with van der Waals surface area (Å²) in [6.45, 7) is 1.92. The fourth-order valence-electron chi connectivity index (χ4n) is 3.04. The monoisotopic (exact) mass is 385 g/mol. The van der Waals surface area contributed by atoms with E-state index in [2.05, 4.69) is 20.6 Å². The first-order chi connectivity index (χ1) is 14.2. The van der Waals surface area contributed by atoms with Crippen molar-refractivity contribution in [1.29, 1.82) is 0 Å². The van der Waals surface area contributed by atoms with Gasteiger partial charge in [-0.05, 0) is 48.9 Å². The summed E-state index contributed by atoms with van der Waals surface area (Å²) in [5.41, 5.74) is 4.10. The summed E-state index contributed by atoms with van der Waals surface area (Å²) in [4.78, 5) is 8.47. The van der Waals surface area contributed by atoms with Crippen molar-refractivity contribution in [3.63, 3.8) is 0 Å². The quantitative estimate of drug-likeness (QED) is 0.417. The predicted octanol–water partition coefficient (Wildman–Crippen LogP) is 4.17. The van der Waals surface area contributed by atoms with Crippen LogP contribution in [-0.4, -0.2) is 31.9 Å². The van der Waals surface area contributed by atoms with Crippen molar-refractivity contribution in [3.05, 3.63) is 91.6 Å². The molecule has 0 spiro atoms. The third-order valence-electron chi connectivity index (χ3n) is 4.70. The second-order valence-electron chi connectivity index (χ2n) is 6.84. The highest BCUT2D eigenvalue weighted by Gasteiger charge is 2.14. The first-order valence-corrected chi connectivity index (χ1v) is 9.50. The Morgan fingerprint density at radius 1 is 0.897 bits per heavy atom. The Morgan fingerprint density at radius 2 is 1.69 bits per heavy atom. The van der Waals surface area contributed by atoms with Crippen LogP contribution in [-0.2, 0) is 0 Å². The lowest BCUT2D eigenvalue weighted by molar-refractivity contribution is 0.186. The minimum absolute atomic E-state index is 0.218. The van der Waals surface area contributed by atoms with Crippen molar-refractivity contribution in [2.75, 3.05) is 10.6 Å². The van der Waals surface area contributed by atoms with Crippen LogP contribution in [0.25, 0.3) is 16.8 Å². The zero-order valence-electron chi connectivity index (χ0n) is 16.1. The lowest BCUT2D eigenvalue weighted by atomic mass is 10.1. The zero-order valence-corrected chi connectivity index (χ0v) is 16.1. The van der Waals surface area contributed by atoms with E-state index >= 15 is 0 Å². The molecule has 4 rings (SSSR count). The first kappa shape index (κ1) is 18.7. The van der Waals surface area contributed by atoms with Gasteiger partial charge in [0, 0.05) is 35.5 Å². The highest BCUT2D eigenvalue weighted by atomic mass is 16.3. The van der Waals surface area contributed by atoms with Crippen LogP contribution in [0.5, 0.6) is 0 Å². The van der Waals surface area contributed by atoms with Crippen LogP contribution in [0.1, 0.15) is 6.92 Å². The molecule has 2 atom stereocenters. The number of hydrogen-bond acceptors (Lipinski definition) is 5. The van der Waals surface area contributed by atoms with E-state index in [9.17, 15) is 5.11 Å². The summed E-state index contributed by atoms with van der Waals surface area (Å²) in [5.74, 6) is 0.626. The average molecular weight is 385 g/mol. The zero-order chi connectivity index (χ0) is 20.1. The molecule has 2 unspecified atom stereocenters. The molecule has 3 N–H and O–H groups in total. The van der Waals surface area contributed by atoms with E-state index in [0.29, 0.717) is 5.82 Å². The van der Waals surface area contributed by atoms with E-state index in [-0.39, 0.29) is 6.04 Å². The maximum Gasteiger partial charge on any atom is 0.145 e. The molecule has 0 aliphatic carbocycles. The summed E-state index contributed by atoms with van der Waals surface area (Å²) in [5, 5.41) is 16.8. The van der Waals surface area contributed by atoms with Gasteiger partial charge in [-0.1, -0.05) is 30.3 Å². The number of nitrogens with one attached hydrogen (secondary N) is 2. The molecule has 2 heterocycles. The van der Waals surface area contributed by atoms with Gasteiger partial charge in [0.1, 0.15) is 12.0 Å². The SMILES string of the molecule is CC(Nc1ccc(-n2ccnc2)cc1)C(O)Nc1ccc(-c2ccccc2)cn1. The molecule has 146 valence electrons. The Morgan fingerprint density at radius 3 is 2.34 bits per heavy atom. The molecule has 4 aromatic rings. The van der Waals surface area contributed by atoms with Gasteiger partial charge in [-0.15, -0.1) is 0 Å². The smallest absolute Gasteiger partial charge is 0.145 e. The van der Waals surface area contributed by atoms with Crippen molar-refractivity contribution >= 4 is 11.5 Å². The fraction of sp³-hybridized carbons (Fsp3) is 0.130. The van der Waals surface area contributed by atoms with E-state index in [1.165, 1.54) is 0 Å². The molecule has 0 radical (unpaired) electrons. The van der Waals surface area contributed by atoms with Gasteiger partial charge in [0.05, 0.1) is 12.4 Å². The van der Waals surface area contributed by atoms with Gasteiger partial charge in [-0.25, -0.2) is 9.97 Å². The molecular weight excluding hydrogens is 362 g/mol. The van der Waals surface area contributed by atoms with Gasteiger partial charge in [-0.3, -0.25) is 0 Å². The maximum absolute atomic E-state index is 10.5. The van der Waals surface area contributed by atoms with Crippen molar-refractivity contribution in [3.8, 4) is 16.8 Å². The first-order valence-electron chi connectivity index (χ1n) is 9.50. The lowest BCUT2D eigenvalue weighted by Gasteiger charge is -2.23. The van der Waals surface area contributed by atoms with E-state index in [4.69, 9.17) is 0 Å². The van der Waals surface area contributed by atoms with Crippen LogP contribution >= 0.6 is 0 Å². The Hall–Kier alpha value is -3.64. The van der Waals surface area contributed by atoms with Gasteiger partial charge in [0.2, 0.25) is 0 Å². The van der Waals surface area contributed by atoms with Crippen LogP contribution in [0.2, 0.25) is 0 Å². The number of rotatable bonds is 7. The summed E-state index contributed by atoms with van der Waals surface area (Å²) >= 11 is 0. The third-order valence-corrected chi connectivity index (χ3v) is 4.70. The second kappa shape index (κ2) is 8.58. The van der Waals surface area contributed by atoms with E-state index in [1.807, 2.05) is 84.4 Å². The van der Waals surface area contributed by atoms with Crippen molar-refractivity contribution in [2.24, 2.45) is 0 Å². The van der Waals surface area contributed by atoms with Gasteiger partial charge in [0.15, 0.2) is 0 Å². The molecule has 0 saturated heterocycles. The van der Waals surface area contributed by atoms with Crippen LogP contribution < -0.4 is 10.6 Å². The minimum Gasteiger partial charge on any atom is -0.378 e. The van der Waals surface area contributed by atoms with Gasteiger partial charge >= 0.3 is 0 Å². The molecule has 0 bridgehead atoms. The van der Waals surface area contributed by atoms with Gasteiger partial charge in [0.25, 0.3) is 0 Å². The summed E-state index contributed by atoms with van der Waals surface area (Å²) in [6.07, 6.45) is 6.41. The molecule has 0 aliphatic heterocycles. The van der Waals surface area contributed by atoms with Crippen molar-refractivity contribution < 1.29 is 5.11 Å². The Labute approximate surface area is 169 Å².